The van der Waals surface area contributed by atoms with E-state index < -0.39 is 11.6 Å². The van der Waals surface area contributed by atoms with Crippen molar-refractivity contribution >= 4 is 28.9 Å². The lowest BCUT2D eigenvalue weighted by Crippen LogP contribution is -2.21. The van der Waals surface area contributed by atoms with Crippen LogP contribution in [0.4, 0.5) is 8.78 Å². The Labute approximate surface area is 125 Å². The zero-order valence-electron chi connectivity index (χ0n) is 11.2. The zero-order valence-corrected chi connectivity index (χ0v) is 12.1. The molecular weight excluding hydrogens is 294 g/mol. The number of nitrogens with one attached hydrogen (secondary N) is 1. The van der Waals surface area contributed by atoms with Crippen LogP contribution in [0.5, 0.6) is 0 Å². The summed E-state index contributed by atoms with van der Waals surface area (Å²) in [4.78, 5) is 16.8. The first kappa shape index (κ1) is 14.3. The van der Waals surface area contributed by atoms with E-state index in [0.29, 0.717) is 15.6 Å². The summed E-state index contributed by atoms with van der Waals surface area (Å²) >= 11 is 1.24. The highest BCUT2D eigenvalue weighted by molar-refractivity contribution is 8.18. The Morgan fingerprint density at radius 2 is 2.00 bits per heavy atom. The Morgan fingerprint density at radius 3 is 2.71 bits per heavy atom. The topological polar surface area (TPSA) is 41.5 Å². The summed E-state index contributed by atoms with van der Waals surface area (Å²) in [5, 5.41) is 3.31. The minimum absolute atomic E-state index is 0.249. The van der Waals surface area contributed by atoms with Gasteiger partial charge in [-0.2, -0.15) is 0 Å². The second kappa shape index (κ2) is 5.97. The highest BCUT2D eigenvalue weighted by Gasteiger charge is 2.25. The lowest BCUT2D eigenvalue weighted by Gasteiger charge is -2.02. The fraction of sp³-hybridized carbons (Fsp3) is 0.333. The Morgan fingerprint density at radius 1 is 1.24 bits per heavy atom. The summed E-state index contributed by atoms with van der Waals surface area (Å²) in [5.41, 5.74) is 0.452. The number of carbonyl (C=O) groups excluding carboxylic acids is 1. The first-order valence-electron chi connectivity index (χ1n) is 6.85. The van der Waals surface area contributed by atoms with Crippen molar-refractivity contribution in [3.63, 3.8) is 0 Å². The van der Waals surface area contributed by atoms with Gasteiger partial charge in [-0.05, 0) is 48.4 Å². The van der Waals surface area contributed by atoms with Crippen molar-refractivity contribution in [2.45, 2.75) is 31.7 Å². The molecule has 3 nitrogen and oxygen atoms in total. The molecule has 1 heterocycles. The predicted octanol–water partition coefficient (Wildman–Crippen LogP) is 3.47. The van der Waals surface area contributed by atoms with Gasteiger partial charge in [0.2, 0.25) is 0 Å². The summed E-state index contributed by atoms with van der Waals surface area (Å²) in [7, 11) is 0. The maximum atomic E-state index is 13.2. The quantitative estimate of drug-likeness (QED) is 0.850. The molecular formula is C15H14F2N2OS. The van der Waals surface area contributed by atoms with Gasteiger partial charge >= 0.3 is 0 Å². The van der Waals surface area contributed by atoms with Gasteiger partial charge in [-0.3, -0.25) is 9.79 Å². The van der Waals surface area contributed by atoms with Crippen LogP contribution < -0.4 is 5.32 Å². The zero-order chi connectivity index (χ0) is 14.8. The molecule has 110 valence electrons. The summed E-state index contributed by atoms with van der Waals surface area (Å²) in [6.45, 7) is 0. The number of rotatable bonds is 2. The van der Waals surface area contributed by atoms with E-state index in [-0.39, 0.29) is 11.9 Å². The molecule has 0 aromatic heterocycles. The molecule has 1 aromatic rings. The molecule has 3 rings (SSSR count). The summed E-state index contributed by atoms with van der Waals surface area (Å²) in [6, 6.07) is 3.84. The highest BCUT2D eigenvalue weighted by atomic mass is 32.2. The van der Waals surface area contributed by atoms with Gasteiger partial charge in [0.05, 0.1) is 10.9 Å². The van der Waals surface area contributed by atoms with E-state index in [1.807, 2.05) is 0 Å². The number of carbonyl (C=O) groups is 1. The number of amidine groups is 1. The fourth-order valence-corrected chi connectivity index (χ4v) is 3.33. The van der Waals surface area contributed by atoms with E-state index >= 15 is 0 Å². The first-order valence-corrected chi connectivity index (χ1v) is 7.67. The molecule has 6 heteroatoms. The molecule has 1 aliphatic heterocycles. The van der Waals surface area contributed by atoms with Crippen LogP contribution in [0.15, 0.2) is 28.1 Å². The first-order chi connectivity index (χ1) is 10.1. The lowest BCUT2D eigenvalue weighted by atomic mass is 10.2. The Bertz CT molecular complexity index is 637. The minimum Gasteiger partial charge on any atom is -0.301 e. The van der Waals surface area contributed by atoms with Gasteiger partial charge in [-0.1, -0.05) is 18.9 Å². The third-order valence-electron chi connectivity index (χ3n) is 3.52. The van der Waals surface area contributed by atoms with Gasteiger partial charge in [0.1, 0.15) is 0 Å². The predicted molar refractivity (Wildman–Crippen MR) is 79.8 cm³/mol. The lowest BCUT2D eigenvalue weighted by molar-refractivity contribution is -0.115. The molecule has 1 saturated heterocycles. The van der Waals surface area contributed by atoms with E-state index in [2.05, 4.69) is 10.3 Å². The second-order valence-electron chi connectivity index (χ2n) is 5.11. The molecule has 1 aromatic carbocycles. The fourth-order valence-electron chi connectivity index (χ4n) is 2.44. The molecule has 1 aliphatic carbocycles. The van der Waals surface area contributed by atoms with Crippen LogP contribution in [-0.2, 0) is 4.79 Å². The third-order valence-corrected chi connectivity index (χ3v) is 4.44. The van der Waals surface area contributed by atoms with Crippen molar-refractivity contribution in [1.29, 1.82) is 0 Å². The number of thioether (sulfide) groups is 1. The minimum atomic E-state index is -0.924. The molecule has 1 N–H and O–H groups in total. The smallest absolute Gasteiger partial charge is 0.264 e. The van der Waals surface area contributed by atoms with Crippen LogP contribution in [0.1, 0.15) is 31.2 Å². The molecule has 0 spiro atoms. The van der Waals surface area contributed by atoms with Crippen LogP contribution in [0.2, 0.25) is 0 Å². The SMILES string of the molecule is O=C1NC(=NC2CCCC2)SC1=Cc1ccc(F)c(F)c1. The molecule has 0 atom stereocenters. The van der Waals surface area contributed by atoms with Crippen LogP contribution in [-0.4, -0.2) is 17.1 Å². The summed E-state index contributed by atoms with van der Waals surface area (Å²) in [5.74, 6) is -2.07. The van der Waals surface area contributed by atoms with Crippen molar-refractivity contribution in [1.82, 2.24) is 5.32 Å². The van der Waals surface area contributed by atoms with Crippen molar-refractivity contribution < 1.29 is 13.6 Å². The number of aliphatic imine (C=N–C) groups is 1. The maximum absolute atomic E-state index is 13.2. The van der Waals surface area contributed by atoms with Gasteiger partial charge in [-0.25, -0.2) is 8.78 Å². The van der Waals surface area contributed by atoms with Crippen LogP contribution in [0.3, 0.4) is 0 Å². The van der Waals surface area contributed by atoms with E-state index in [0.717, 1.165) is 25.0 Å². The van der Waals surface area contributed by atoms with Gasteiger partial charge in [-0.15, -0.1) is 0 Å². The average Bonchev–Trinajstić information content (AvgIpc) is 3.05. The molecule has 0 unspecified atom stereocenters. The normalized spacial score (nSPS) is 23.2. The second-order valence-corrected chi connectivity index (χ2v) is 6.14. The molecule has 1 amide bonds. The van der Waals surface area contributed by atoms with Crippen molar-refractivity contribution in [2.75, 3.05) is 0 Å². The van der Waals surface area contributed by atoms with Crippen molar-refractivity contribution in [3.05, 3.63) is 40.3 Å². The Kier molecular flexibility index (Phi) is 4.05. The molecule has 2 aliphatic rings. The van der Waals surface area contributed by atoms with Crippen LogP contribution in [0.25, 0.3) is 6.08 Å². The molecule has 21 heavy (non-hydrogen) atoms. The Balaban J connectivity index is 1.77. The van der Waals surface area contributed by atoms with Gasteiger partial charge in [0.25, 0.3) is 5.91 Å². The maximum Gasteiger partial charge on any atom is 0.264 e. The summed E-state index contributed by atoms with van der Waals surface area (Å²) in [6.07, 6.45) is 6.01. The monoisotopic (exact) mass is 308 g/mol. The highest BCUT2D eigenvalue weighted by Crippen LogP contribution is 2.29. The number of benzene rings is 1. The molecule has 0 radical (unpaired) electrons. The number of hydrogen-bond donors (Lipinski definition) is 1. The van der Waals surface area contributed by atoms with Gasteiger partial charge < -0.3 is 5.32 Å². The van der Waals surface area contributed by atoms with E-state index in [1.54, 1.807) is 6.08 Å². The largest absolute Gasteiger partial charge is 0.301 e. The van der Waals surface area contributed by atoms with Crippen LogP contribution >= 0.6 is 11.8 Å². The van der Waals surface area contributed by atoms with Crippen molar-refractivity contribution in [3.8, 4) is 0 Å². The van der Waals surface area contributed by atoms with E-state index in [9.17, 15) is 13.6 Å². The number of halogens is 2. The standard InChI is InChI=1S/C15H14F2N2OS/c16-11-6-5-9(7-12(11)17)8-13-14(20)19-15(21-13)18-10-3-1-2-4-10/h5-8,10H,1-4H2,(H,18,19,20). The Hall–Kier alpha value is -1.69. The number of amides is 1. The number of nitrogens with zero attached hydrogens (tertiary/aromatic N) is 1. The third kappa shape index (κ3) is 3.32. The van der Waals surface area contributed by atoms with E-state index in [4.69, 9.17) is 0 Å². The van der Waals surface area contributed by atoms with Crippen molar-refractivity contribution in [2.24, 2.45) is 4.99 Å². The van der Waals surface area contributed by atoms with Gasteiger partial charge in [0, 0.05) is 0 Å². The molecule has 0 bridgehead atoms. The molecule has 2 fully saturated rings. The van der Waals surface area contributed by atoms with Gasteiger partial charge in [0.15, 0.2) is 16.8 Å². The summed E-state index contributed by atoms with van der Waals surface area (Å²) < 4.78 is 26.0. The number of hydrogen-bond acceptors (Lipinski definition) is 3. The van der Waals surface area contributed by atoms with Crippen LogP contribution in [0, 0.1) is 11.6 Å². The van der Waals surface area contributed by atoms with E-state index in [1.165, 1.54) is 30.7 Å². The average molecular weight is 308 g/mol. The molecule has 1 saturated carbocycles.